The van der Waals surface area contributed by atoms with Crippen molar-refractivity contribution in [3.63, 3.8) is 0 Å². The number of ether oxygens (including phenoxy) is 1. The van der Waals surface area contributed by atoms with E-state index in [4.69, 9.17) is 22.1 Å². The van der Waals surface area contributed by atoms with Gasteiger partial charge < -0.3 is 10.5 Å². The summed E-state index contributed by atoms with van der Waals surface area (Å²) in [6.45, 7) is 2.77. The largest absolute Gasteiger partial charge is 0.491 e. The minimum Gasteiger partial charge on any atom is -0.491 e. The van der Waals surface area contributed by atoms with Crippen molar-refractivity contribution in [3.8, 4) is 5.75 Å². The van der Waals surface area contributed by atoms with Crippen LogP contribution in [0.5, 0.6) is 5.75 Å². The van der Waals surface area contributed by atoms with Gasteiger partial charge >= 0.3 is 0 Å². The van der Waals surface area contributed by atoms with Crippen LogP contribution < -0.4 is 10.5 Å². The van der Waals surface area contributed by atoms with E-state index in [-0.39, 0.29) is 0 Å². The Labute approximate surface area is 107 Å². The summed E-state index contributed by atoms with van der Waals surface area (Å²) < 4.78 is 5.56. The molecule has 2 N–H and O–H groups in total. The third kappa shape index (κ3) is 5.10. The summed E-state index contributed by atoms with van der Waals surface area (Å²) >= 11 is 7.78. The van der Waals surface area contributed by atoms with E-state index < -0.39 is 0 Å². The lowest BCUT2D eigenvalue weighted by atomic mass is 10.3. The Hall–Kier alpha value is -0.380. The summed E-state index contributed by atoms with van der Waals surface area (Å²) in [6.07, 6.45) is 1.03. The third-order valence-corrected chi connectivity index (χ3v) is 3.61. The molecule has 1 aromatic rings. The number of hydrogen-bond acceptors (Lipinski definition) is 3. The van der Waals surface area contributed by atoms with Crippen molar-refractivity contribution in [2.75, 3.05) is 18.1 Å². The Bertz CT molecular complexity index is 309. The number of halogens is 1. The molecule has 90 valence electrons. The molecule has 16 heavy (non-hydrogen) atoms. The molecule has 0 amide bonds. The predicted molar refractivity (Wildman–Crippen MR) is 72.5 cm³/mol. The number of para-hydroxylation sites is 1. The van der Waals surface area contributed by atoms with E-state index in [9.17, 15) is 0 Å². The second kappa shape index (κ2) is 7.82. The van der Waals surface area contributed by atoms with Crippen LogP contribution in [0.3, 0.4) is 0 Å². The van der Waals surface area contributed by atoms with Crippen molar-refractivity contribution < 1.29 is 4.74 Å². The molecule has 0 spiro atoms. The first-order valence-corrected chi connectivity index (χ1v) is 6.98. The van der Waals surface area contributed by atoms with E-state index in [1.54, 1.807) is 0 Å². The Morgan fingerprint density at radius 3 is 2.88 bits per heavy atom. The first kappa shape index (κ1) is 13.7. The van der Waals surface area contributed by atoms with Crippen LogP contribution in [0.1, 0.15) is 13.3 Å². The summed E-state index contributed by atoms with van der Waals surface area (Å²) in [5.41, 5.74) is 5.81. The molecule has 1 rings (SSSR count). The third-order valence-electron chi connectivity index (χ3n) is 2.18. The van der Waals surface area contributed by atoms with Crippen LogP contribution in [-0.4, -0.2) is 24.2 Å². The van der Waals surface area contributed by atoms with Crippen molar-refractivity contribution >= 4 is 23.4 Å². The maximum absolute atomic E-state index is 5.96. The minimum absolute atomic E-state index is 0.297. The number of benzene rings is 1. The zero-order chi connectivity index (χ0) is 11.8. The highest BCUT2D eigenvalue weighted by Gasteiger charge is 2.01. The normalized spacial score (nSPS) is 12.4. The second-order valence-corrected chi connectivity index (χ2v) is 5.08. The lowest BCUT2D eigenvalue weighted by Crippen LogP contribution is -2.21. The van der Waals surface area contributed by atoms with E-state index in [0.29, 0.717) is 17.7 Å². The van der Waals surface area contributed by atoms with Gasteiger partial charge in [0.2, 0.25) is 0 Å². The maximum Gasteiger partial charge on any atom is 0.137 e. The van der Waals surface area contributed by atoms with E-state index >= 15 is 0 Å². The summed E-state index contributed by atoms with van der Waals surface area (Å²) in [5.74, 6) is 2.69. The van der Waals surface area contributed by atoms with Gasteiger partial charge in [-0.3, -0.25) is 0 Å². The van der Waals surface area contributed by atoms with Gasteiger partial charge in [-0.25, -0.2) is 0 Å². The highest BCUT2D eigenvalue weighted by molar-refractivity contribution is 7.99. The van der Waals surface area contributed by atoms with E-state index in [0.717, 1.165) is 23.7 Å². The molecule has 4 heteroatoms. The summed E-state index contributed by atoms with van der Waals surface area (Å²) in [6, 6.07) is 7.82. The maximum atomic E-state index is 5.96. The van der Waals surface area contributed by atoms with Crippen LogP contribution >= 0.6 is 23.4 Å². The number of rotatable bonds is 7. The Morgan fingerprint density at radius 2 is 2.19 bits per heavy atom. The smallest absolute Gasteiger partial charge is 0.137 e. The number of nitrogens with two attached hydrogens (primary N) is 1. The minimum atomic E-state index is 0.297. The molecule has 0 saturated carbocycles. The van der Waals surface area contributed by atoms with Crippen LogP contribution in [0.15, 0.2) is 24.3 Å². The van der Waals surface area contributed by atoms with Crippen molar-refractivity contribution in [2.45, 2.75) is 19.4 Å². The van der Waals surface area contributed by atoms with Gasteiger partial charge in [-0.1, -0.05) is 30.7 Å². The fourth-order valence-corrected chi connectivity index (χ4v) is 2.22. The fraction of sp³-hybridized carbons (Fsp3) is 0.500. The standard InChI is InChI=1S/C12H18ClNOS/c1-2-10(14)9-16-8-7-15-12-6-4-3-5-11(12)13/h3-6,10H,2,7-9,14H2,1H3. The van der Waals surface area contributed by atoms with Gasteiger partial charge in [-0.05, 0) is 18.6 Å². The van der Waals surface area contributed by atoms with Crippen LogP contribution in [0.2, 0.25) is 5.02 Å². The lowest BCUT2D eigenvalue weighted by Gasteiger charge is -2.09. The molecule has 0 heterocycles. The van der Waals surface area contributed by atoms with Gasteiger partial charge in [0.25, 0.3) is 0 Å². The first-order valence-electron chi connectivity index (χ1n) is 5.44. The zero-order valence-electron chi connectivity index (χ0n) is 9.49. The van der Waals surface area contributed by atoms with Gasteiger partial charge in [0.15, 0.2) is 0 Å². The number of thioether (sulfide) groups is 1. The van der Waals surface area contributed by atoms with Gasteiger partial charge in [0, 0.05) is 17.5 Å². The molecule has 2 nitrogen and oxygen atoms in total. The van der Waals surface area contributed by atoms with E-state index in [1.807, 2.05) is 36.0 Å². The zero-order valence-corrected chi connectivity index (χ0v) is 11.1. The molecule has 1 atom stereocenters. The molecule has 0 bridgehead atoms. The van der Waals surface area contributed by atoms with Crippen molar-refractivity contribution in [1.82, 2.24) is 0 Å². The molecule has 0 aliphatic carbocycles. The first-order chi connectivity index (χ1) is 7.74. The Kier molecular flexibility index (Phi) is 6.69. The molecule has 0 fully saturated rings. The van der Waals surface area contributed by atoms with Crippen LogP contribution in [-0.2, 0) is 0 Å². The highest BCUT2D eigenvalue weighted by atomic mass is 35.5. The SMILES string of the molecule is CCC(N)CSCCOc1ccccc1Cl. The van der Waals surface area contributed by atoms with Crippen LogP contribution in [0.4, 0.5) is 0 Å². The second-order valence-electron chi connectivity index (χ2n) is 3.52. The topological polar surface area (TPSA) is 35.2 Å². The average molecular weight is 260 g/mol. The predicted octanol–water partition coefficient (Wildman–Crippen LogP) is 3.19. The molecular weight excluding hydrogens is 242 g/mol. The fourth-order valence-electron chi connectivity index (χ4n) is 1.12. The van der Waals surface area contributed by atoms with E-state index in [2.05, 4.69) is 6.92 Å². The van der Waals surface area contributed by atoms with E-state index in [1.165, 1.54) is 0 Å². The molecule has 1 unspecified atom stereocenters. The monoisotopic (exact) mass is 259 g/mol. The van der Waals surface area contributed by atoms with Gasteiger partial charge in [0.05, 0.1) is 11.6 Å². The average Bonchev–Trinajstić information content (AvgIpc) is 2.30. The van der Waals surface area contributed by atoms with Crippen LogP contribution in [0, 0.1) is 0 Å². The molecule has 0 aromatic heterocycles. The summed E-state index contributed by atoms with van der Waals surface area (Å²) in [5, 5.41) is 0.665. The molecular formula is C12H18ClNOS. The van der Waals surface area contributed by atoms with Gasteiger partial charge in [-0.2, -0.15) is 11.8 Å². The highest BCUT2D eigenvalue weighted by Crippen LogP contribution is 2.23. The Balaban J connectivity index is 2.14. The van der Waals surface area contributed by atoms with Crippen molar-refractivity contribution in [2.24, 2.45) is 5.73 Å². The summed E-state index contributed by atoms with van der Waals surface area (Å²) in [4.78, 5) is 0. The Morgan fingerprint density at radius 1 is 1.44 bits per heavy atom. The molecule has 0 aliphatic rings. The van der Waals surface area contributed by atoms with Crippen LogP contribution in [0.25, 0.3) is 0 Å². The molecule has 1 aromatic carbocycles. The summed E-state index contributed by atoms with van der Waals surface area (Å²) in [7, 11) is 0. The molecule has 0 saturated heterocycles. The van der Waals surface area contributed by atoms with Gasteiger partial charge in [-0.15, -0.1) is 0 Å². The number of hydrogen-bond donors (Lipinski definition) is 1. The lowest BCUT2D eigenvalue weighted by molar-refractivity contribution is 0.344. The van der Waals surface area contributed by atoms with Gasteiger partial charge in [0.1, 0.15) is 5.75 Å². The van der Waals surface area contributed by atoms with Crippen molar-refractivity contribution in [3.05, 3.63) is 29.3 Å². The van der Waals surface area contributed by atoms with Crippen molar-refractivity contribution in [1.29, 1.82) is 0 Å². The quantitative estimate of drug-likeness (QED) is 0.764. The molecule has 0 radical (unpaired) electrons. The molecule has 0 aliphatic heterocycles.